The van der Waals surface area contributed by atoms with Crippen molar-refractivity contribution in [1.82, 2.24) is 4.90 Å². The largest absolute Gasteiger partial charge is 0.394 e. The van der Waals surface area contributed by atoms with E-state index in [4.69, 9.17) is 9.84 Å². The van der Waals surface area contributed by atoms with E-state index >= 15 is 0 Å². The summed E-state index contributed by atoms with van der Waals surface area (Å²) in [5.41, 5.74) is 3.09. The molecular formula is C16H23NO2. The summed E-state index contributed by atoms with van der Waals surface area (Å²) in [4.78, 5) is 2.57. The molecule has 1 heterocycles. The summed E-state index contributed by atoms with van der Waals surface area (Å²) >= 11 is 0. The molecule has 1 aromatic rings. The van der Waals surface area contributed by atoms with Crippen molar-refractivity contribution in [3.63, 3.8) is 0 Å². The first-order chi connectivity index (χ1) is 9.36. The van der Waals surface area contributed by atoms with Crippen molar-refractivity contribution in [2.45, 2.75) is 31.3 Å². The summed E-state index contributed by atoms with van der Waals surface area (Å²) in [5.74, 6) is 0.742. The zero-order valence-corrected chi connectivity index (χ0v) is 11.4. The van der Waals surface area contributed by atoms with Gasteiger partial charge in [0.2, 0.25) is 0 Å². The van der Waals surface area contributed by atoms with Gasteiger partial charge in [-0.15, -0.1) is 0 Å². The fourth-order valence-electron chi connectivity index (χ4n) is 3.32. The van der Waals surface area contributed by atoms with Crippen molar-refractivity contribution >= 4 is 0 Å². The molecule has 1 N–H and O–H groups in total. The van der Waals surface area contributed by atoms with Crippen LogP contribution in [0.15, 0.2) is 24.3 Å². The molecule has 1 aliphatic carbocycles. The Bertz CT molecular complexity index is 413. The Hall–Kier alpha value is -0.900. The number of likely N-dealkylation sites (tertiary alicyclic amines) is 1. The number of hydrogen-bond donors (Lipinski definition) is 1. The van der Waals surface area contributed by atoms with E-state index < -0.39 is 0 Å². The number of nitrogens with zero attached hydrogens (tertiary/aromatic N) is 1. The van der Waals surface area contributed by atoms with Gasteiger partial charge in [-0.2, -0.15) is 0 Å². The standard InChI is InChI=1S/C16H23NO2/c18-9-10-19-15-5-7-17(8-6-15)12-14-11-13-3-1-2-4-16(13)14/h1-4,14-15,18H,5-12H2. The molecular weight excluding hydrogens is 238 g/mol. The van der Waals surface area contributed by atoms with Crippen LogP contribution in [-0.4, -0.2) is 49.0 Å². The molecule has 0 aromatic heterocycles. The van der Waals surface area contributed by atoms with Gasteiger partial charge in [0.1, 0.15) is 0 Å². The number of aliphatic hydroxyl groups is 1. The number of benzene rings is 1. The Labute approximate surface area is 115 Å². The molecule has 104 valence electrons. The van der Waals surface area contributed by atoms with Crippen LogP contribution in [0.25, 0.3) is 0 Å². The summed E-state index contributed by atoms with van der Waals surface area (Å²) in [6.07, 6.45) is 3.82. The second-order valence-corrected chi connectivity index (χ2v) is 5.69. The van der Waals surface area contributed by atoms with E-state index in [1.807, 2.05) is 0 Å². The van der Waals surface area contributed by atoms with Gasteiger partial charge in [0.25, 0.3) is 0 Å². The molecule has 2 aliphatic rings. The van der Waals surface area contributed by atoms with Crippen LogP contribution in [0.4, 0.5) is 0 Å². The van der Waals surface area contributed by atoms with Crippen LogP contribution < -0.4 is 0 Å². The molecule has 0 amide bonds. The number of fused-ring (bicyclic) bond motifs is 1. The summed E-state index contributed by atoms with van der Waals surface area (Å²) < 4.78 is 5.61. The van der Waals surface area contributed by atoms with E-state index in [1.54, 1.807) is 5.56 Å². The molecule has 1 saturated heterocycles. The molecule has 0 saturated carbocycles. The predicted octanol–water partition coefficient (Wildman–Crippen LogP) is 1.80. The van der Waals surface area contributed by atoms with Crippen LogP contribution in [0.3, 0.4) is 0 Å². The molecule has 1 fully saturated rings. The highest BCUT2D eigenvalue weighted by atomic mass is 16.5. The second kappa shape index (κ2) is 6.04. The van der Waals surface area contributed by atoms with Gasteiger partial charge in [-0.3, -0.25) is 0 Å². The molecule has 19 heavy (non-hydrogen) atoms. The molecule has 3 rings (SSSR count). The fourth-order valence-corrected chi connectivity index (χ4v) is 3.32. The number of rotatable bonds is 5. The normalized spacial score (nSPS) is 23.9. The van der Waals surface area contributed by atoms with Gasteiger partial charge in [0.15, 0.2) is 0 Å². The Morgan fingerprint density at radius 2 is 2.00 bits per heavy atom. The topological polar surface area (TPSA) is 32.7 Å². The number of piperidine rings is 1. The highest BCUT2D eigenvalue weighted by Crippen LogP contribution is 2.35. The molecule has 1 aliphatic heterocycles. The maximum absolute atomic E-state index is 8.76. The maximum Gasteiger partial charge on any atom is 0.0701 e. The lowest BCUT2D eigenvalue weighted by Crippen LogP contribution is -2.41. The van der Waals surface area contributed by atoms with Crippen molar-refractivity contribution in [1.29, 1.82) is 0 Å². The third-order valence-electron chi connectivity index (χ3n) is 4.42. The minimum Gasteiger partial charge on any atom is -0.394 e. The van der Waals surface area contributed by atoms with Gasteiger partial charge in [-0.1, -0.05) is 24.3 Å². The average molecular weight is 261 g/mol. The number of aliphatic hydroxyl groups excluding tert-OH is 1. The highest BCUT2D eigenvalue weighted by molar-refractivity contribution is 5.40. The van der Waals surface area contributed by atoms with Crippen molar-refractivity contribution < 1.29 is 9.84 Å². The quantitative estimate of drug-likeness (QED) is 0.877. The van der Waals surface area contributed by atoms with Crippen molar-refractivity contribution in [3.8, 4) is 0 Å². The highest BCUT2D eigenvalue weighted by Gasteiger charge is 2.29. The van der Waals surface area contributed by atoms with E-state index in [1.165, 1.54) is 18.5 Å². The SMILES string of the molecule is OCCOC1CCN(CC2Cc3ccccc32)CC1. The first-order valence-electron chi connectivity index (χ1n) is 7.39. The summed E-state index contributed by atoms with van der Waals surface area (Å²) in [7, 11) is 0. The smallest absolute Gasteiger partial charge is 0.0701 e. The lowest BCUT2D eigenvalue weighted by atomic mass is 9.77. The molecule has 0 bridgehead atoms. The summed E-state index contributed by atoms with van der Waals surface area (Å²) in [6, 6.07) is 8.82. The monoisotopic (exact) mass is 261 g/mol. The number of ether oxygens (including phenoxy) is 1. The Kier molecular flexibility index (Phi) is 4.16. The van der Waals surface area contributed by atoms with Gasteiger partial charge in [-0.25, -0.2) is 0 Å². The summed E-state index contributed by atoms with van der Waals surface area (Å²) in [6.45, 7) is 4.09. The lowest BCUT2D eigenvalue weighted by molar-refractivity contribution is -0.00885. The molecule has 0 radical (unpaired) electrons. The van der Waals surface area contributed by atoms with Gasteiger partial charge < -0.3 is 14.7 Å². The van der Waals surface area contributed by atoms with Gasteiger partial charge in [-0.05, 0) is 30.4 Å². The van der Waals surface area contributed by atoms with Crippen LogP contribution in [-0.2, 0) is 11.2 Å². The first-order valence-corrected chi connectivity index (χ1v) is 7.39. The third-order valence-corrected chi connectivity index (χ3v) is 4.42. The second-order valence-electron chi connectivity index (χ2n) is 5.69. The first kappa shape index (κ1) is 13.1. The van der Waals surface area contributed by atoms with E-state index in [9.17, 15) is 0 Å². The molecule has 3 nitrogen and oxygen atoms in total. The Morgan fingerprint density at radius 1 is 1.21 bits per heavy atom. The van der Waals surface area contributed by atoms with Gasteiger partial charge >= 0.3 is 0 Å². The van der Waals surface area contributed by atoms with E-state index in [2.05, 4.69) is 29.2 Å². The zero-order chi connectivity index (χ0) is 13.1. The minimum atomic E-state index is 0.138. The molecule has 1 unspecified atom stereocenters. The van der Waals surface area contributed by atoms with Crippen molar-refractivity contribution in [2.75, 3.05) is 32.8 Å². The lowest BCUT2D eigenvalue weighted by Gasteiger charge is -2.38. The van der Waals surface area contributed by atoms with Crippen LogP contribution in [0, 0.1) is 0 Å². The zero-order valence-electron chi connectivity index (χ0n) is 11.4. The maximum atomic E-state index is 8.76. The van der Waals surface area contributed by atoms with Crippen molar-refractivity contribution in [2.24, 2.45) is 0 Å². The van der Waals surface area contributed by atoms with E-state index in [0.29, 0.717) is 12.7 Å². The van der Waals surface area contributed by atoms with Crippen molar-refractivity contribution in [3.05, 3.63) is 35.4 Å². The number of hydrogen-bond acceptors (Lipinski definition) is 3. The molecule has 0 spiro atoms. The summed E-state index contributed by atoms with van der Waals surface area (Å²) in [5, 5.41) is 8.76. The van der Waals surface area contributed by atoms with E-state index in [-0.39, 0.29) is 6.61 Å². The minimum absolute atomic E-state index is 0.138. The van der Waals surface area contributed by atoms with Crippen LogP contribution in [0.5, 0.6) is 0 Å². The van der Waals surface area contributed by atoms with Gasteiger partial charge in [0.05, 0.1) is 19.3 Å². The average Bonchev–Trinajstić information content (AvgIpc) is 2.44. The molecule has 1 atom stereocenters. The van der Waals surface area contributed by atoms with E-state index in [0.717, 1.165) is 31.8 Å². The third kappa shape index (κ3) is 2.99. The fraction of sp³-hybridized carbons (Fsp3) is 0.625. The van der Waals surface area contributed by atoms with Crippen LogP contribution >= 0.6 is 0 Å². The Balaban J connectivity index is 1.44. The molecule has 3 heteroatoms. The van der Waals surface area contributed by atoms with Crippen LogP contribution in [0.2, 0.25) is 0 Å². The molecule has 1 aromatic carbocycles. The predicted molar refractivity (Wildman–Crippen MR) is 75.4 cm³/mol. The Morgan fingerprint density at radius 3 is 2.74 bits per heavy atom. The van der Waals surface area contributed by atoms with Gasteiger partial charge in [0, 0.05) is 25.6 Å². The van der Waals surface area contributed by atoms with Crippen LogP contribution in [0.1, 0.15) is 29.9 Å².